The molecule has 1 atom stereocenters. The van der Waals surface area contributed by atoms with Crippen molar-refractivity contribution in [2.45, 2.75) is 25.0 Å². The molecule has 2 N–H and O–H groups in total. The molecule has 1 aliphatic carbocycles. The molecule has 4 heteroatoms. The smallest absolute Gasteiger partial charge is 0.192 e. The first-order valence-corrected chi connectivity index (χ1v) is 7.03. The van der Waals surface area contributed by atoms with Crippen LogP contribution in [0.1, 0.15) is 24.0 Å². The Morgan fingerprint density at radius 3 is 3.05 bits per heavy atom. The van der Waals surface area contributed by atoms with Crippen LogP contribution in [0.2, 0.25) is 0 Å². The molecule has 19 heavy (non-hydrogen) atoms. The Morgan fingerprint density at radius 1 is 1.37 bits per heavy atom. The number of hydrogen-bond donors (Lipinski definition) is 1. The Morgan fingerprint density at radius 2 is 2.21 bits per heavy atom. The Bertz CT molecular complexity index is 538. The lowest BCUT2D eigenvalue weighted by Crippen LogP contribution is -2.54. The molecule has 0 aromatic heterocycles. The van der Waals surface area contributed by atoms with Crippen LogP contribution < -0.4 is 5.73 Å². The van der Waals surface area contributed by atoms with E-state index in [1.54, 1.807) is 0 Å². The van der Waals surface area contributed by atoms with Gasteiger partial charge in [-0.3, -0.25) is 4.99 Å². The average Bonchev–Trinajstić information content (AvgIpc) is 3.21. The number of nitrogens with two attached hydrogens (primary N) is 1. The van der Waals surface area contributed by atoms with Gasteiger partial charge in [0.15, 0.2) is 5.96 Å². The van der Waals surface area contributed by atoms with Crippen LogP contribution in [0, 0.1) is 5.92 Å². The van der Waals surface area contributed by atoms with E-state index in [9.17, 15) is 0 Å². The normalized spacial score (nSPS) is 29.5. The zero-order valence-corrected chi connectivity index (χ0v) is 11.0. The van der Waals surface area contributed by atoms with E-state index in [0.717, 1.165) is 19.0 Å². The fourth-order valence-electron chi connectivity index (χ4n) is 3.29. The molecule has 1 saturated carbocycles. The van der Waals surface area contributed by atoms with Gasteiger partial charge < -0.3 is 15.4 Å². The third-order valence-electron chi connectivity index (χ3n) is 4.55. The molecule has 1 unspecified atom stereocenters. The van der Waals surface area contributed by atoms with Gasteiger partial charge in [0.05, 0.1) is 19.8 Å². The van der Waals surface area contributed by atoms with E-state index < -0.39 is 0 Å². The van der Waals surface area contributed by atoms with Crippen LogP contribution in [-0.2, 0) is 16.9 Å². The van der Waals surface area contributed by atoms with E-state index in [1.807, 2.05) is 0 Å². The predicted octanol–water partition coefficient (Wildman–Crippen LogP) is 1.45. The Hall–Kier alpha value is -1.55. The number of aliphatic imine (C=N–C) groups is 1. The molecule has 0 radical (unpaired) electrons. The van der Waals surface area contributed by atoms with Crippen LogP contribution in [0.4, 0.5) is 0 Å². The van der Waals surface area contributed by atoms with Crippen molar-refractivity contribution in [1.29, 1.82) is 0 Å². The highest BCUT2D eigenvalue weighted by Gasteiger charge is 2.48. The maximum absolute atomic E-state index is 6.14. The first-order valence-electron chi connectivity index (χ1n) is 7.03. The van der Waals surface area contributed by atoms with E-state index in [1.165, 1.54) is 24.0 Å². The lowest BCUT2D eigenvalue weighted by Gasteiger charge is -2.43. The highest BCUT2D eigenvalue weighted by atomic mass is 16.5. The summed E-state index contributed by atoms with van der Waals surface area (Å²) in [7, 11) is 0. The number of rotatable bonds is 2. The quantitative estimate of drug-likeness (QED) is 0.872. The minimum absolute atomic E-state index is 0.151. The van der Waals surface area contributed by atoms with E-state index in [0.29, 0.717) is 19.2 Å². The molecule has 0 bridgehead atoms. The van der Waals surface area contributed by atoms with Crippen molar-refractivity contribution in [3.8, 4) is 0 Å². The number of guanidine groups is 1. The van der Waals surface area contributed by atoms with Gasteiger partial charge in [-0.2, -0.15) is 0 Å². The molecule has 2 heterocycles. The van der Waals surface area contributed by atoms with Gasteiger partial charge in [-0.25, -0.2) is 0 Å². The number of benzene rings is 1. The third kappa shape index (κ3) is 1.66. The van der Waals surface area contributed by atoms with E-state index in [4.69, 9.17) is 10.5 Å². The van der Waals surface area contributed by atoms with Crippen molar-refractivity contribution in [3.63, 3.8) is 0 Å². The van der Waals surface area contributed by atoms with Gasteiger partial charge in [-0.1, -0.05) is 24.3 Å². The van der Waals surface area contributed by atoms with Gasteiger partial charge >= 0.3 is 0 Å². The summed E-state index contributed by atoms with van der Waals surface area (Å²) in [5, 5.41) is 0. The van der Waals surface area contributed by atoms with Gasteiger partial charge in [0.25, 0.3) is 0 Å². The number of fused-ring (bicyclic) bond motifs is 2. The fraction of sp³-hybridized carbons (Fsp3) is 0.533. The zero-order chi connectivity index (χ0) is 12.9. The van der Waals surface area contributed by atoms with Crippen molar-refractivity contribution in [2.24, 2.45) is 16.6 Å². The van der Waals surface area contributed by atoms with Crippen LogP contribution in [0.5, 0.6) is 0 Å². The molecule has 3 aliphatic rings. The van der Waals surface area contributed by atoms with Crippen molar-refractivity contribution in [3.05, 3.63) is 35.4 Å². The third-order valence-corrected chi connectivity index (χ3v) is 4.55. The number of hydrogen-bond acceptors (Lipinski definition) is 4. The number of ether oxygens (including phenoxy) is 1. The summed E-state index contributed by atoms with van der Waals surface area (Å²) < 4.78 is 5.84. The standard InChI is InChI=1S/C15H19N3O/c16-14-17-9-15(18(14)7-11-5-6-11)10-19-8-12-3-1-2-4-13(12)15/h1-4,11H,5-10H2,(H2,16,17). The summed E-state index contributed by atoms with van der Waals surface area (Å²) in [5.74, 6) is 1.48. The minimum Gasteiger partial charge on any atom is -0.374 e. The molecule has 100 valence electrons. The molecule has 1 aromatic carbocycles. The summed E-state index contributed by atoms with van der Waals surface area (Å²) in [6.07, 6.45) is 2.64. The fourth-order valence-corrected chi connectivity index (χ4v) is 3.29. The second-order valence-corrected chi connectivity index (χ2v) is 5.91. The Labute approximate surface area is 113 Å². The summed E-state index contributed by atoms with van der Waals surface area (Å²) in [6.45, 7) is 3.14. The van der Waals surface area contributed by atoms with E-state index in [-0.39, 0.29) is 5.54 Å². The van der Waals surface area contributed by atoms with Gasteiger partial charge in [0.1, 0.15) is 5.54 Å². The Balaban J connectivity index is 1.76. The van der Waals surface area contributed by atoms with Crippen LogP contribution in [0.25, 0.3) is 0 Å². The molecule has 1 spiro atoms. The predicted molar refractivity (Wildman–Crippen MR) is 73.7 cm³/mol. The SMILES string of the molecule is NC1=NCC2(COCc3ccccc32)N1CC1CC1. The summed E-state index contributed by atoms with van der Waals surface area (Å²) in [6, 6.07) is 8.55. The van der Waals surface area contributed by atoms with E-state index in [2.05, 4.69) is 34.2 Å². The van der Waals surface area contributed by atoms with Gasteiger partial charge in [-0.15, -0.1) is 0 Å². The maximum atomic E-state index is 6.14. The number of nitrogens with zero attached hydrogens (tertiary/aromatic N) is 2. The summed E-state index contributed by atoms with van der Waals surface area (Å²) in [5.41, 5.74) is 8.62. The second-order valence-electron chi connectivity index (χ2n) is 5.91. The highest BCUT2D eigenvalue weighted by Crippen LogP contribution is 2.41. The first kappa shape index (κ1) is 11.3. The molecule has 0 saturated heterocycles. The topological polar surface area (TPSA) is 50.9 Å². The second kappa shape index (κ2) is 3.97. The Kier molecular flexibility index (Phi) is 2.36. The molecule has 1 fully saturated rings. The lowest BCUT2D eigenvalue weighted by molar-refractivity contribution is 0.00465. The molecular weight excluding hydrogens is 238 g/mol. The molecule has 4 nitrogen and oxygen atoms in total. The van der Waals surface area contributed by atoms with Crippen LogP contribution >= 0.6 is 0 Å². The highest BCUT2D eigenvalue weighted by molar-refractivity contribution is 5.81. The van der Waals surface area contributed by atoms with Crippen molar-refractivity contribution in [1.82, 2.24) is 4.90 Å². The van der Waals surface area contributed by atoms with Gasteiger partial charge in [0, 0.05) is 6.54 Å². The lowest BCUT2D eigenvalue weighted by atomic mass is 9.84. The molecule has 2 aliphatic heterocycles. The van der Waals surface area contributed by atoms with Crippen molar-refractivity contribution < 1.29 is 4.74 Å². The average molecular weight is 257 g/mol. The zero-order valence-electron chi connectivity index (χ0n) is 11.0. The summed E-state index contributed by atoms with van der Waals surface area (Å²) in [4.78, 5) is 6.81. The van der Waals surface area contributed by atoms with E-state index >= 15 is 0 Å². The van der Waals surface area contributed by atoms with Crippen LogP contribution in [-0.4, -0.2) is 30.6 Å². The molecule has 4 rings (SSSR count). The molecular formula is C15H19N3O. The van der Waals surface area contributed by atoms with Crippen LogP contribution in [0.3, 0.4) is 0 Å². The van der Waals surface area contributed by atoms with Gasteiger partial charge in [-0.05, 0) is 29.9 Å². The molecule has 1 aromatic rings. The largest absolute Gasteiger partial charge is 0.374 e. The maximum Gasteiger partial charge on any atom is 0.192 e. The molecule has 0 amide bonds. The summed E-state index contributed by atoms with van der Waals surface area (Å²) >= 11 is 0. The monoisotopic (exact) mass is 257 g/mol. The van der Waals surface area contributed by atoms with Crippen LogP contribution in [0.15, 0.2) is 29.3 Å². The minimum atomic E-state index is -0.151. The first-order chi connectivity index (χ1) is 9.29. The van der Waals surface area contributed by atoms with Gasteiger partial charge in [0.2, 0.25) is 0 Å². The van der Waals surface area contributed by atoms with Crippen molar-refractivity contribution in [2.75, 3.05) is 19.7 Å². The van der Waals surface area contributed by atoms with Crippen molar-refractivity contribution >= 4 is 5.96 Å².